The van der Waals surface area contributed by atoms with Crippen LogP contribution in [-0.4, -0.2) is 22.3 Å². The molecular weight excluding hydrogens is 303 g/mol. The zero-order valence-corrected chi connectivity index (χ0v) is 13.4. The van der Waals surface area contributed by atoms with Gasteiger partial charge in [-0.1, -0.05) is 36.4 Å². The number of hydrogen-bond donors (Lipinski definition) is 1. The lowest BCUT2D eigenvalue weighted by atomic mass is 10.0. The van der Waals surface area contributed by atoms with Crippen LogP contribution < -0.4 is 0 Å². The standard InChI is InChI=1S/C20H19FN2O/c21-17-7-3-1-5-14(17)9-10-20(24)23-12-11-16-15-6-2-4-8-18(15)22-19(16)13-23/h1-8,22H,9-13H2. The van der Waals surface area contributed by atoms with Crippen LogP contribution in [0.4, 0.5) is 4.39 Å². The number of aryl methyl sites for hydroxylation is 1. The second-order valence-electron chi connectivity index (χ2n) is 6.28. The molecule has 0 spiro atoms. The first-order valence-corrected chi connectivity index (χ1v) is 8.32. The summed E-state index contributed by atoms with van der Waals surface area (Å²) in [6, 6.07) is 14.9. The van der Waals surface area contributed by atoms with E-state index in [1.807, 2.05) is 17.0 Å². The fourth-order valence-corrected chi connectivity index (χ4v) is 3.51. The van der Waals surface area contributed by atoms with Gasteiger partial charge in [0.25, 0.3) is 0 Å². The van der Waals surface area contributed by atoms with Crippen molar-refractivity contribution in [3.8, 4) is 0 Å². The first kappa shape index (κ1) is 14.9. The number of hydrogen-bond acceptors (Lipinski definition) is 1. The number of nitrogens with zero attached hydrogens (tertiary/aromatic N) is 1. The quantitative estimate of drug-likeness (QED) is 0.782. The normalized spacial score (nSPS) is 14.0. The second kappa shape index (κ2) is 6.11. The van der Waals surface area contributed by atoms with Gasteiger partial charge in [-0.15, -0.1) is 0 Å². The van der Waals surface area contributed by atoms with E-state index in [2.05, 4.69) is 17.1 Å². The lowest BCUT2D eigenvalue weighted by Gasteiger charge is -2.27. The van der Waals surface area contributed by atoms with Gasteiger partial charge < -0.3 is 9.88 Å². The van der Waals surface area contributed by atoms with Gasteiger partial charge in [-0.05, 0) is 36.1 Å². The number of halogens is 1. The molecule has 0 unspecified atom stereocenters. The lowest BCUT2D eigenvalue weighted by molar-refractivity contribution is -0.132. The summed E-state index contributed by atoms with van der Waals surface area (Å²) in [6.45, 7) is 1.34. The van der Waals surface area contributed by atoms with Gasteiger partial charge in [0.2, 0.25) is 5.91 Å². The van der Waals surface area contributed by atoms with Crippen molar-refractivity contribution in [2.45, 2.75) is 25.8 Å². The Morgan fingerprint density at radius 2 is 1.92 bits per heavy atom. The Labute approximate surface area is 140 Å². The Kier molecular flexibility index (Phi) is 3.81. The van der Waals surface area contributed by atoms with Crippen molar-refractivity contribution in [2.75, 3.05) is 6.54 Å². The van der Waals surface area contributed by atoms with Crippen LogP contribution in [0.1, 0.15) is 23.2 Å². The van der Waals surface area contributed by atoms with E-state index in [1.165, 1.54) is 17.0 Å². The van der Waals surface area contributed by atoms with Gasteiger partial charge >= 0.3 is 0 Å². The van der Waals surface area contributed by atoms with Crippen molar-refractivity contribution in [3.05, 3.63) is 71.2 Å². The van der Waals surface area contributed by atoms with Crippen LogP contribution in [0.3, 0.4) is 0 Å². The molecule has 0 aliphatic carbocycles. The molecule has 1 amide bonds. The van der Waals surface area contributed by atoms with E-state index in [4.69, 9.17) is 0 Å². The Morgan fingerprint density at radius 1 is 1.12 bits per heavy atom. The summed E-state index contributed by atoms with van der Waals surface area (Å²) in [5.74, 6) is -0.149. The van der Waals surface area contributed by atoms with Crippen LogP contribution in [0, 0.1) is 5.82 Å². The first-order valence-electron chi connectivity index (χ1n) is 8.32. The zero-order valence-electron chi connectivity index (χ0n) is 13.4. The van der Waals surface area contributed by atoms with E-state index in [9.17, 15) is 9.18 Å². The molecule has 4 heteroatoms. The number of H-pyrrole nitrogens is 1. The van der Waals surface area contributed by atoms with Gasteiger partial charge in [0.1, 0.15) is 5.82 Å². The van der Waals surface area contributed by atoms with Gasteiger partial charge in [0.05, 0.1) is 6.54 Å². The Morgan fingerprint density at radius 3 is 2.79 bits per heavy atom. The highest BCUT2D eigenvalue weighted by atomic mass is 19.1. The monoisotopic (exact) mass is 322 g/mol. The number of carbonyl (C=O) groups is 1. The summed E-state index contributed by atoms with van der Waals surface area (Å²) < 4.78 is 13.7. The summed E-state index contributed by atoms with van der Waals surface area (Å²) in [7, 11) is 0. The SMILES string of the molecule is O=C(CCc1ccccc1F)N1CCc2c([nH]c3ccccc23)C1. The highest BCUT2D eigenvalue weighted by Gasteiger charge is 2.23. The Balaban J connectivity index is 1.46. The fourth-order valence-electron chi connectivity index (χ4n) is 3.51. The van der Waals surface area contributed by atoms with Crippen LogP contribution in [0.5, 0.6) is 0 Å². The number of rotatable bonds is 3. The van der Waals surface area contributed by atoms with E-state index in [1.54, 1.807) is 18.2 Å². The second-order valence-corrected chi connectivity index (χ2v) is 6.28. The molecule has 2 heterocycles. The largest absolute Gasteiger partial charge is 0.357 e. The predicted octanol–water partition coefficient (Wildman–Crippen LogP) is 3.82. The minimum absolute atomic E-state index is 0.0857. The van der Waals surface area contributed by atoms with Crippen LogP contribution in [0.2, 0.25) is 0 Å². The average molecular weight is 322 g/mol. The van der Waals surface area contributed by atoms with E-state index >= 15 is 0 Å². The van der Waals surface area contributed by atoms with Crippen molar-refractivity contribution in [1.82, 2.24) is 9.88 Å². The van der Waals surface area contributed by atoms with E-state index in [-0.39, 0.29) is 11.7 Å². The molecule has 0 saturated carbocycles. The van der Waals surface area contributed by atoms with E-state index < -0.39 is 0 Å². The molecule has 4 rings (SSSR count). The Hall–Kier alpha value is -2.62. The first-order chi connectivity index (χ1) is 11.7. The molecular formula is C20H19FN2O. The zero-order chi connectivity index (χ0) is 16.5. The van der Waals surface area contributed by atoms with Gasteiger partial charge in [0, 0.05) is 29.6 Å². The maximum absolute atomic E-state index is 13.7. The van der Waals surface area contributed by atoms with Crippen molar-refractivity contribution in [3.63, 3.8) is 0 Å². The summed E-state index contributed by atoms with van der Waals surface area (Å²) in [5.41, 5.74) is 4.18. The molecule has 0 saturated heterocycles. The number of amides is 1. The van der Waals surface area contributed by atoms with Crippen LogP contribution in [0.25, 0.3) is 10.9 Å². The number of fused-ring (bicyclic) bond motifs is 3. The molecule has 1 N–H and O–H groups in total. The maximum atomic E-state index is 13.7. The molecule has 1 aliphatic rings. The highest BCUT2D eigenvalue weighted by molar-refractivity contribution is 5.85. The topological polar surface area (TPSA) is 36.1 Å². The molecule has 1 aliphatic heterocycles. The fraction of sp³-hybridized carbons (Fsp3) is 0.250. The van der Waals surface area contributed by atoms with Crippen LogP contribution in [0.15, 0.2) is 48.5 Å². The Bertz CT molecular complexity index is 900. The van der Waals surface area contributed by atoms with Crippen LogP contribution in [-0.2, 0) is 24.2 Å². The van der Waals surface area contributed by atoms with Gasteiger partial charge in [-0.3, -0.25) is 4.79 Å². The molecule has 3 nitrogen and oxygen atoms in total. The third-order valence-electron chi connectivity index (χ3n) is 4.80. The third-order valence-corrected chi connectivity index (χ3v) is 4.80. The van der Waals surface area contributed by atoms with Crippen molar-refractivity contribution < 1.29 is 9.18 Å². The molecule has 0 bridgehead atoms. The van der Waals surface area contributed by atoms with Crippen LogP contribution >= 0.6 is 0 Å². The molecule has 0 radical (unpaired) electrons. The number of carbonyl (C=O) groups excluding carboxylic acids is 1. The van der Waals surface area contributed by atoms with E-state index in [0.29, 0.717) is 24.9 Å². The van der Waals surface area contributed by atoms with Crippen molar-refractivity contribution in [2.24, 2.45) is 0 Å². The molecule has 2 aromatic carbocycles. The molecule has 24 heavy (non-hydrogen) atoms. The average Bonchev–Trinajstić information content (AvgIpc) is 2.98. The summed E-state index contributed by atoms with van der Waals surface area (Å²) in [5, 5.41) is 1.26. The molecule has 122 valence electrons. The molecule has 3 aromatic rings. The molecule has 0 fully saturated rings. The molecule has 1 aromatic heterocycles. The lowest BCUT2D eigenvalue weighted by Crippen LogP contribution is -2.36. The van der Waals surface area contributed by atoms with E-state index in [0.717, 1.165) is 24.2 Å². The number of nitrogens with one attached hydrogen (secondary N) is 1. The smallest absolute Gasteiger partial charge is 0.223 e. The highest BCUT2D eigenvalue weighted by Crippen LogP contribution is 2.27. The van der Waals surface area contributed by atoms with Crippen molar-refractivity contribution >= 4 is 16.8 Å². The number of benzene rings is 2. The minimum Gasteiger partial charge on any atom is -0.357 e. The summed E-state index contributed by atoms with van der Waals surface area (Å²) in [4.78, 5) is 17.8. The minimum atomic E-state index is -0.234. The third kappa shape index (κ3) is 2.68. The molecule has 0 atom stereocenters. The number of aromatic amines is 1. The number of para-hydroxylation sites is 1. The predicted molar refractivity (Wildman–Crippen MR) is 92.1 cm³/mol. The van der Waals surface area contributed by atoms with Gasteiger partial charge in [0.15, 0.2) is 0 Å². The van der Waals surface area contributed by atoms with Gasteiger partial charge in [-0.2, -0.15) is 0 Å². The maximum Gasteiger partial charge on any atom is 0.223 e. The summed E-state index contributed by atoms with van der Waals surface area (Å²) >= 11 is 0. The summed E-state index contributed by atoms with van der Waals surface area (Å²) in [6.07, 6.45) is 1.66. The van der Waals surface area contributed by atoms with Crippen molar-refractivity contribution in [1.29, 1.82) is 0 Å². The van der Waals surface area contributed by atoms with Gasteiger partial charge in [-0.25, -0.2) is 4.39 Å². The number of aromatic nitrogens is 1.